The molecule has 7 rings (SSSR count). The molecule has 2 aromatic heterocycles. The summed E-state index contributed by atoms with van der Waals surface area (Å²) in [7, 11) is 0. The molecular weight excluding hydrogens is 812 g/mol. The van der Waals surface area contributed by atoms with Crippen molar-refractivity contribution in [3.05, 3.63) is 134 Å². The highest BCUT2D eigenvalue weighted by Crippen LogP contribution is 2.34. The number of nitrogens with zero attached hydrogens (tertiary/aromatic N) is 7. The summed E-state index contributed by atoms with van der Waals surface area (Å²) in [5.41, 5.74) is 3.48. The molecule has 0 saturated carbocycles. The van der Waals surface area contributed by atoms with Crippen molar-refractivity contribution in [1.82, 2.24) is 44.7 Å². The maximum Gasteiger partial charge on any atom is 0.320 e. The fourth-order valence-corrected chi connectivity index (χ4v) is 8.10. The monoisotopic (exact) mass is 855 g/mol. The molecule has 5 aromatic rings. The Kier molecular flexibility index (Phi) is 14.9. The molecule has 2 fully saturated rings. The highest BCUT2D eigenvalue weighted by Gasteiger charge is 2.37. The Labute approximate surface area is 352 Å². The van der Waals surface area contributed by atoms with Gasteiger partial charge in [-0.05, 0) is 60.4 Å². The first-order chi connectivity index (χ1) is 27.2. The molecular formula is C40H45Cl4N9O4. The molecule has 2 saturated heterocycles. The number of H-pyrrole nitrogens is 1. The molecule has 4 heterocycles. The predicted octanol–water partition coefficient (Wildman–Crippen LogP) is 7.49. The molecule has 302 valence electrons. The number of benzene rings is 3. The van der Waals surface area contributed by atoms with Crippen LogP contribution in [0.4, 0.5) is 4.79 Å². The summed E-state index contributed by atoms with van der Waals surface area (Å²) in [6.45, 7) is 3.00. The number of aromatic amines is 1. The van der Waals surface area contributed by atoms with Gasteiger partial charge in [-0.1, -0.05) is 84.2 Å². The van der Waals surface area contributed by atoms with Crippen molar-refractivity contribution in [2.75, 3.05) is 32.8 Å². The Morgan fingerprint density at radius 1 is 0.912 bits per heavy atom. The molecule has 0 bridgehead atoms. The minimum atomic E-state index is -0.728. The summed E-state index contributed by atoms with van der Waals surface area (Å²) >= 11 is 25.3. The molecule has 57 heavy (non-hydrogen) atoms. The average Bonchev–Trinajstić information content (AvgIpc) is 4.00. The number of rotatable bonds is 14. The van der Waals surface area contributed by atoms with E-state index >= 15 is 0 Å². The molecule has 0 spiro atoms. The minimum Gasteiger partial charge on any atom is -0.352 e. The third kappa shape index (κ3) is 11.3. The van der Waals surface area contributed by atoms with Crippen LogP contribution in [-0.4, -0.2) is 103 Å². The fraction of sp³-hybridized carbons (Fsp3) is 0.375. The van der Waals surface area contributed by atoms with E-state index in [9.17, 15) is 9.59 Å². The molecule has 13 nitrogen and oxygen atoms in total. The van der Waals surface area contributed by atoms with Crippen LogP contribution < -0.4 is 5.32 Å². The summed E-state index contributed by atoms with van der Waals surface area (Å²) in [5, 5.41) is 9.54. The normalized spacial score (nSPS) is 17.7. The number of hydrogen-bond acceptors (Lipinski definition) is 8. The molecule has 3 aromatic carbocycles. The second kappa shape index (κ2) is 20.0. The number of piperidine rings is 1. The first kappa shape index (κ1) is 42.4. The summed E-state index contributed by atoms with van der Waals surface area (Å²) in [5.74, 6) is -0.155. The third-order valence-corrected chi connectivity index (χ3v) is 10.9. The lowest BCUT2D eigenvalue weighted by atomic mass is 10.0. The third-order valence-electron chi connectivity index (χ3n) is 9.88. The van der Waals surface area contributed by atoms with E-state index in [1.807, 2.05) is 64.4 Å². The summed E-state index contributed by atoms with van der Waals surface area (Å²) < 4.78 is 14.0. The largest absolute Gasteiger partial charge is 0.352 e. The molecule has 1 unspecified atom stereocenters. The van der Waals surface area contributed by atoms with Gasteiger partial charge in [0.1, 0.15) is 24.8 Å². The van der Waals surface area contributed by atoms with E-state index in [2.05, 4.69) is 30.3 Å². The maximum atomic E-state index is 14.1. The van der Waals surface area contributed by atoms with E-state index in [-0.39, 0.29) is 45.1 Å². The maximum absolute atomic E-state index is 14.1. The summed E-state index contributed by atoms with van der Waals surface area (Å²) in [6, 6.07) is 19.8. The van der Waals surface area contributed by atoms with Crippen molar-refractivity contribution in [3.63, 3.8) is 0 Å². The number of nitrogens with one attached hydrogen (secondary N) is 2. The van der Waals surface area contributed by atoms with Gasteiger partial charge in [0.2, 0.25) is 5.91 Å². The highest BCUT2D eigenvalue weighted by molar-refractivity contribution is 6.35. The zero-order valence-electron chi connectivity index (χ0n) is 30.3. The van der Waals surface area contributed by atoms with Crippen molar-refractivity contribution in [2.45, 2.75) is 64.4 Å². The lowest BCUT2D eigenvalue weighted by molar-refractivity contribution is -0.124. The second-order valence-electron chi connectivity index (χ2n) is 13.8. The van der Waals surface area contributed by atoms with Crippen LogP contribution in [0.3, 0.4) is 0 Å². The zero-order valence-corrected chi connectivity index (χ0v) is 33.3. The van der Waals surface area contributed by atoms with Gasteiger partial charge in [0.15, 0.2) is 6.29 Å². The van der Waals surface area contributed by atoms with Gasteiger partial charge in [-0.25, -0.2) is 19.4 Å². The van der Waals surface area contributed by atoms with E-state index < -0.39 is 18.4 Å². The van der Waals surface area contributed by atoms with E-state index in [1.54, 1.807) is 35.7 Å². The highest BCUT2D eigenvalue weighted by atomic mass is 35.5. The molecule has 3 atom stereocenters. The van der Waals surface area contributed by atoms with E-state index in [0.29, 0.717) is 71.2 Å². The molecule has 2 aliphatic heterocycles. The average molecular weight is 858 g/mol. The number of aromatic nitrogens is 5. The Balaban J connectivity index is 0.00000549. The number of halogens is 4. The van der Waals surface area contributed by atoms with Gasteiger partial charge >= 0.3 is 6.03 Å². The lowest BCUT2D eigenvalue weighted by Crippen LogP contribution is -2.52. The van der Waals surface area contributed by atoms with Crippen molar-refractivity contribution >= 4 is 58.3 Å². The lowest BCUT2D eigenvalue weighted by Gasteiger charge is -2.40. The minimum absolute atomic E-state index is 0. The van der Waals surface area contributed by atoms with Crippen molar-refractivity contribution in [1.29, 1.82) is 0 Å². The van der Waals surface area contributed by atoms with E-state index in [0.717, 1.165) is 16.8 Å². The number of amides is 3. The quantitative estimate of drug-likeness (QED) is 0.118. The standard InChI is InChI=1S/C39H41Cl4N9O4.CH4/c40-28-5-1-3-26(13-28)18-51(19-27-4-2-6-29(41)14-27)39(54)49-11-9-32(10-12-49)50(20-31-16-44-23-47-31)21-36(53)46-17-33-22-55-38(56-33)37(52-25-45-24-48-52)34-8-7-30(42)15-35(34)43;/h1-8,13-16,23-25,32-33,37-38H,9-12,17-22H2,(H,44,47)(H,46,53);1H4/t33-,37?,38+;/m0./s1. The van der Waals surface area contributed by atoms with Crippen LogP contribution in [0.15, 0.2) is 91.9 Å². The van der Waals surface area contributed by atoms with Gasteiger partial charge in [-0.2, -0.15) is 5.10 Å². The first-order valence-electron chi connectivity index (χ1n) is 18.3. The Bertz CT molecular complexity index is 2020. The number of carbonyl (C=O) groups excluding carboxylic acids is 2. The van der Waals surface area contributed by atoms with Crippen LogP contribution >= 0.6 is 46.4 Å². The molecule has 0 radical (unpaired) electrons. The van der Waals surface area contributed by atoms with Gasteiger partial charge < -0.3 is 29.6 Å². The Morgan fingerprint density at radius 3 is 2.23 bits per heavy atom. The van der Waals surface area contributed by atoms with Crippen LogP contribution in [0, 0.1) is 0 Å². The fourth-order valence-electron chi connectivity index (χ4n) is 7.16. The van der Waals surface area contributed by atoms with Crippen LogP contribution in [0.2, 0.25) is 20.1 Å². The van der Waals surface area contributed by atoms with E-state index in [1.165, 1.54) is 6.33 Å². The molecule has 17 heteroatoms. The first-order valence-corrected chi connectivity index (χ1v) is 19.8. The zero-order chi connectivity index (χ0) is 39.0. The Hall–Kier alpha value is -4.21. The Morgan fingerprint density at radius 2 is 1.61 bits per heavy atom. The molecule has 2 N–H and O–H groups in total. The second-order valence-corrected chi connectivity index (χ2v) is 15.6. The van der Waals surface area contributed by atoms with Crippen LogP contribution in [0.1, 0.15) is 48.7 Å². The van der Waals surface area contributed by atoms with Crippen LogP contribution in [0.25, 0.3) is 0 Å². The number of carbonyl (C=O) groups is 2. The van der Waals surface area contributed by atoms with Crippen LogP contribution in [0.5, 0.6) is 0 Å². The number of urea groups is 1. The van der Waals surface area contributed by atoms with E-state index in [4.69, 9.17) is 55.9 Å². The van der Waals surface area contributed by atoms with Crippen LogP contribution in [-0.2, 0) is 33.9 Å². The molecule has 2 aliphatic rings. The van der Waals surface area contributed by atoms with Gasteiger partial charge in [0.05, 0.1) is 19.5 Å². The number of ether oxygens (including phenoxy) is 2. The van der Waals surface area contributed by atoms with Crippen molar-refractivity contribution < 1.29 is 19.1 Å². The van der Waals surface area contributed by atoms with Gasteiger partial charge in [0, 0.05) is 82.9 Å². The number of hydrogen-bond donors (Lipinski definition) is 2. The van der Waals surface area contributed by atoms with Gasteiger partial charge in [-0.15, -0.1) is 0 Å². The van der Waals surface area contributed by atoms with Crippen molar-refractivity contribution in [2.24, 2.45) is 0 Å². The molecule has 3 amide bonds. The smallest absolute Gasteiger partial charge is 0.320 e. The summed E-state index contributed by atoms with van der Waals surface area (Å²) in [4.78, 5) is 44.9. The van der Waals surface area contributed by atoms with Crippen molar-refractivity contribution in [3.8, 4) is 0 Å². The van der Waals surface area contributed by atoms with Gasteiger partial charge in [0.25, 0.3) is 0 Å². The predicted molar refractivity (Wildman–Crippen MR) is 220 cm³/mol. The molecule has 0 aliphatic carbocycles. The number of imidazole rings is 1. The SMILES string of the molecule is C.O=C(CN(Cc1cnc[nH]1)C1CCN(C(=O)N(Cc2cccc(Cl)c2)Cc2cccc(Cl)c2)CC1)NC[C@H]1CO[C@@H](C(c2ccc(Cl)cc2Cl)n2cncn2)O1. The summed E-state index contributed by atoms with van der Waals surface area (Å²) in [6.07, 6.45) is 6.63. The topological polar surface area (TPSA) is 134 Å². The number of likely N-dealkylation sites (tertiary alicyclic amines) is 1. The van der Waals surface area contributed by atoms with Gasteiger partial charge in [-0.3, -0.25) is 9.69 Å².